The summed E-state index contributed by atoms with van der Waals surface area (Å²) in [5.41, 5.74) is 3.14. The summed E-state index contributed by atoms with van der Waals surface area (Å²) in [4.78, 5) is 10.7. The Labute approximate surface area is 121 Å². The van der Waals surface area contributed by atoms with Crippen molar-refractivity contribution >= 4 is 28.1 Å². The molecule has 104 valence electrons. The molecular formula is C13H17BrN2O3. The first-order chi connectivity index (χ1) is 9.08. The number of rotatable bonds is 6. The van der Waals surface area contributed by atoms with E-state index in [1.165, 1.54) is 6.92 Å². The van der Waals surface area contributed by atoms with Crippen molar-refractivity contribution in [2.45, 2.75) is 20.8 Å². The summed E-state index contributed by atoms with van der Waals surface area (Å²) in [5.74, 6) is 1.10. The van der Waals surface area contributed by atoms with Gasteiger partial charge in [-0.1, -0.05) is 0 Å². The fourth-order valence-corrected chi connectivity index (χ4v) is 1.80. The van der Waals surface area contributed by atoms with Gasteiger partial charge in [0.2, 0.25) is 5.91 Å². The van der Waals surface area contributed by atoms with Crippen LogP contribution in [0.15, 0.2) is 21.7 Å². The van der Waals surface area contributed by atoms with E-state index in [-0.39, 0.29) is 5.91 Å². The van der Waals surface area contributed by atoms with Gasteiger partial charge in [0.15, 0.2) is 11.5 Å². The van der Waals surface area contributed by atoms with Crippen molar-refractivity contribution in [1.29, 1.82) is 0 Å². The zero-order valence-corrected chi connectivity index (χ0v) is 12.8. The Morgan fingerprint density at radius 1 is 1.32 bits per heavy atom. The zero-order chi connectivity index (χ0) is 14.3. The van der Waals surface area contributed by atoms with Crippen LogP contribution in [-0.4, -0.2) is 25.3 Å². The van der Waals surface area contributed by atoms with Crippen molar-refractivity contribution in [2.24, 2.45) is 5.10 Å². The molecule has 1 N–H and O–H groups in total. The Balaban J connectivity index is 3.01. The molecule has 0 aromatic heterocycles. The van der Waals surface area contributed by atoms with E-state index in [1.54, 1.807) is 6.21 Å². The van der Waals surface area contributed by atoms with Crippen molar-refractivity contribution in [3.05, 3.63) is 22.2 Å². The molecule has 0 atom stereocenters. The molecule has 0 unspecified atom stereocenters. The minimum atomic E-state index is -0.219. The van der Waals surface area contributed by atoms with Gasteiger partial charge in [0.25, 0.3) is 0 Å². The number of hydrogen-bond donors (Lipinski definition) is 1. The third-order valence-electron chi connectivity index (χ3n) is 2.09. The Morgan fingerprint density at radius 3 is 2.42 bits per heavy atom. The molecule has 0 saturated heterocycles. The number of hydrazone groups is 1. The van der Waals surface area contributed by atoms with E-state index in [9.17, 15) is 4.79 Å². The predicted molar refractivity (Wildman–Crippen MR) is 77.9 cm³/mol. The van der Waals surface area contributed by atoms with E-state index in [1.807, 2.05) is 26.0 Å². The van der Waals surface area contributed by atoms with Gasteiger partial charge in [-0.25, -0.2) is 5.43 Å². The maximum atomic E-state index is 10.7. The summed E-state index contributed by atoms with van der Waals surface area (Å²) in [6.07, 6.45) is 1.55. The predicted octanol–water partition coefficient (Wildman–Crippen LogP) is 2.72. The third kappa shape index (κ3) is 4.90. The summed E-state index contributed by atoms with van der Waals surface area (Å²) in [7, 11) is 0. The van der Waals surface area contributed by atoms with Crippen LogP contribution in [0, 0.1) is 0 Å². The first-order valence-corrected chi connectivity index (χ1v) is 6.76. The summed E-state index contributed by atoms with van der Waals surface area (Å²) >= 11 is 3.43. The van der Waals surface area contributed by atoms with Gasteiger partial charge >= 0.3 is 0 Å². The molecule has 1 aromatic carbocycles. The number of nitrogens with zero attached hydrogens (tertiary/aromatic N) is 1. The Morgan fingerprint density at radius 2 is 1.89 bits per heavy atom. The maximum Gasteiger partial charge on any atom is 0.236 e. The van der Waals surface area contributed by atoms with Crippen LogP contribution in [0.1, 0.15) is 26.3 Å². The smallest absolute Gasteiger partial charge is 0.236 e. The molecule has 0 aliphatic carbocycles. The van der Waals surface area contributed by atoms with Crippen LogP contribution in [0.5, 0.6) is 11.5 Å². The summed E-state index contributed by atoms with van der Waals surface area (Å²) in [6, 6.07) is 3.63. The van der Waals surface area contributed by atoms with Gasteiger partial charge in [0, 0.05) is 17.0 Å². The molecule has 0 bridgehead atoms. The highest BCUT2D eigenvalue weighted by Gasteiger charge is 2.09. The quantitative estimate of drug-likeness (QED) is 0.645. The Bertz CT molecular complexity index is 475. The molecule has 0 radical (unpaired) electrons. The van der Waals surface area contributed by atoms with Crippen LogP contribution in [0.2, 0.25) is 0 Å². The van der Waals surface area contributed by atoms with Gasteiger partial charge in [-0.2, -0.15) is 5.10 Å². The Kier molecular flexibility index (Phi) is 6.35. The van der Waals surface area contributed by atoms with E-state index in [4.69, 9.17) is 9.47 Å². The molecule has 19 heavy (non-hydrogen) atoms. The van der Waals surface area contributed by atoms with Crippen molar-refractivity contribution in [1.82, 2.24) is 5.43 Å². The Hall–Kier alpha value is -1.56. The maximum absolute atomic E-state index is 10.7. The van der Waals surface area contributed by atoms with Crippen molar-refractivity contribution in [3.8, 4) is 11.5 Å². The number of halogens is 1. The zero-order valence-electron chi connectivity index (χ0n) is 11.2. The van der Waals surface area contributed by atoms with Crippen LogP contribution in [0.25, 0.3) is 0 Å². The lowest BCUT2D eigenvalue weighted by Gasteiger charge is -2.12. The standard InChI is InChI=1S/C13H17BrN2O3/c1-4-18-12-6-10(8-15-16-9(3)17)11(14)7-13(12)19-5-2/h6-8H,4-5H2,1-3H3,(H,16,17)/b15-8+. The van der Waals surface area contributed by atoms with Gasteiger partial charge in [-0.3, -0.25) is 4.79 Å². The number of benzene rings is 1. The highest BCUT2D eigenvalue weighted by atomic mass is 79.9. The molecule has 1 amide bonds. The number of nitrogens with one attached hydrogen (secondary N) is 1. The first-order valence-electron chi connectivity index (χ1n) is 5.97. The van der Waals surface area contributed by atoms with E-state index in [0.717, 1.165) is 10.0 Å². The van der Waals surface area contributed by atoms with Crippen molar-refractivity contribution < 1.29 is 14.3 Å². The molecule has 0 saturated carbocycles. The highest BCUT2D eigenvalue weighted by molar-refractivity contribution is 9.10. The monoisotopic (exact) mass is 328 g/mol. The molecule has 0 fully saturated rings. The minimum absolute atomic E-state index is 0.219. The molecule has 1 aromatic rings. The molecule has 0 aliphatic heterocycles. The van der Waals surface area contributed by atoms with Gasteiger partial charge in [0.05, 0.1) is 19.4 Å². The number of carbonyl (C=O) groups is 1. The fraction of sp³-hybridized carbons (Fsp3) is 0.385. The lowest BCUT2D eigenvalue weighted by molar-refractivity contribution is -0.118. The van der Waals surface area contributed by atoms with Crippen LogP contribution >= 0.6 is 15.9 Å². The number of carbonyl (C=O) groups excluding carboxylic acids is 1. The van der Waals surface area contributed by atoms with E-state index >= 15 is 0 Å². The van der Waals surface area contributed by atoms with Crippen LogP contribution < -0.4 is 14.9 Å². The molecular weight excluding hydrogens is 312 g/mol. The van der Waals surface area contributed by atoms with Crippen LogP contribution in [-0.2, 0) is 4.79 Å². The van der Waals surface area contributed by atoms with Gasteiger partial charge in [-0.05, 0) is 41.9 Å². The van der Waals surface area contributed by atoms with Crippen molar-refractivity contribution in [2.75, 3.05) is 13.2 Å². The first kappa shape index (κ1) is 15.5. The SMILES string of the molecule is CCOc1cc(Br)c(/C=N/NC(C)=O)cc1OCC. The van der Waals surface area contributed by atoms with Crippen LogP contribution in [0.3, 0.4) is 0 Å². The molecule has 5 nitrogen and oxygen atoms in total. The van der Waals surface area contributed by atoms with Gasteiger partial charge < -0.3 is 9.47 Å². The number of hydrogen-bond acceptors (Lipinski definition) is 4. The normalized spacial score (nSPS) is 10.5. The van der Waals surface area contributed by atoms with Gasteiger partial charge in [-0.15, -0.1) is 0 Å². The fourth-order valence-electron chi connectivity index (χ4n) is 1.38. The lowest BCUT2D eigenvalue weighted by atomic mass is 10.2. The van der Waals surface area contributed by atoms with Gasteiger partial charge in [0.1, 0.15) is 0 Å². The summed E-state index contributed by atoms with van der Waals surface area (Å²) < 4.78 is 11.8. The second-order valence-electron chi connectivity index (χ2n) is 3.61. The summed E-state index contributed by atoms with van der Waals surface area (Å²) in [5, 5.41) is 3.83. The van der Waals surface area contributed by atoms with E-state index < -0.39 is 0 Å². The average molecular weight is 329 g/mol. The largest absolute Gasteiger partial charge is 0.490 e. The average Bonchev–Trinajstić information content (AvgIpc) is 2.34. The topological polar surface area (TPSA) is 59.9 Å². The molecule has 0 heterocycles. The molecule has 0 aliphatic rings. The summed E-state index contributed by atoms with van der Waals surface area (Å²) in [6.45, 7) is 6.32. The van der Waals surface area contributed by atoms with E-state index in [2.05, 4.69) is 26.5 Å². The molecule has 6 heteroatoms. The lowest BCUT2D eigenvalue weighted by Crippen LogP contribution is -2.12. The van der Waals surface area contributed by atoms with Crippen molar-refractivity contribution in [3.63, 3.8) is 0 Å². The molecule has 0 spiro atoms. The third-order valence-corrected chi connectivity index (χ3v) is 2.78. The molecule has 1 rings (SSSR count). The van der Waals surface area contributed by atoms with E-state index in [0.29, 0.717) is 24.7 Å². The second kappa shape index (κ2) is 7.78. The van der Waals surface area contributed by atoms with Crippen LogP contribution in [0.4, 0.5) is 0 Å². The number of amides is 1. The number of ether oxygens (including phenoxy) is 2. The second-order valence-corrected chi connectivity index (χ2v) is 4.47. The highest BCUT2D eigenvalue weighted by Crippen LogP contribution is 2.33. The minimum Gasteiger partial charge on any atom is -0.490 e.